The quantitative estimate of drug-likeness (QED) is 0.609. The van der Waals surface area contributed by atoms with Crippen LogP contribution in [0.5, 0.6) is 11.5 Å². The van der Waals surface area contributed by atoms with Crippen molar-refractivity contribution < 1.29 is 14.3 Å². The molecule has 0 saturated heterocycles. The van der Waals surface area contributed by atoms with Crippen LogP contribution in [0.4, 0.5) is 0 Å². The van der Waals surface area contributed by atoms with Crippen molar-refractivity contribution in [3.63, 3.8) is 0 Å². The highest BCUT2D eigenvalue weighted by Gasteiger charge is 2.17. The maximum Gasteiger partial charge on any atom is 0.261 e. The Labute approximate surface area is 163 Å². The van der Waals surface area contributed by atoms with E-state index in [0.29, 0.717) is 11.4 Å². The summed E-state index contributed by atoms with van der Waals surface area (Å²) in [7, 11) is 3.30. The maximum absolute atomic E-state index is 12.5. The molecule has 3 rings (SSSR count). The number of carbonyl (C=O) groups is 1. The van der Waals surface area contributed by atoms with E-state index < -0.39 is 0 Å². The lowest BCUT2D eigenvalue weighted by molar-refractivity contribution is 0.0957. The predicted octanol–water partition coefficient (Wildman–Crippen LogP) is 5.24. The third-order valence-corrected chi connectivity index (χ3v) is 5.43. The van der Waals surface area contributed by atoms with Gasteiger partial charge >= 0.3 is 0 Å². The van der Waals surface area contributed by atoms with Crippen LogP contribution < -0.4 is 14.8 Å². The summed E-state index contributed by atoms with van der Waals surface area (Å²) < 4.78 is 10.5. The van der Waals surface area contributed by atoms with Gasteiger partial charge in [0.05, 0.1) is 19.1 Å². The van der Waals surface area contributed by atoms with Crippen molar-refractivity contribution in [2.24, 2.45) is 0 Å². The van der Waals surface area contributed by atoms with Crippen molar-refractivity contribution in [3.8, 4) is 33.1 Å². The van der Waals surface area contributed by atoms with Gasteiger partial charge in [0, 0.05) is 17.0 Å². The van der Waals surface area contributed by atoms with Gasteiger partial charge < -0.3 is 14.8 Å². The molecule has 0 fully saturated rings. The van der Waals surface area contributed by atoms with Gasteiger partial charge in [-0.25, -0.2) is 0 Å². The van der Waals surface area contributed by atoms with Crippen molar-refractivity contribution in [1.82, 2.24) is 5.32 Å². The smallest absolute Gasteiger partial charge is 0.261 e. The van der Waals surface area contributed by atoms with Crippen LogP contribution in [0.15, 0.2) is 54.6 Å². The van der Waals surface area contributed by atoms with Gasteiger partial charge in [-0.05, 0) is 60.0 Å². The molecule has 0 radical (unpaired) electrons. The van der Waals surface area contributed by atoms with Gasteiger partial charge in [-0.15, -0.1) is 11.3 Å². The number of methoxy groups -OCH3 is 2. The summed E-state index contributed by atoms with van der Waals surface area (Å²) in [4.78, 5) is 14.3. The average Bonchev–Trinajstić information content (AvgIpc) is 3.17. The minimum absolute atomic E-state index is 0.0311. The van der Waals surface area contributed by atoms with Gasteiger partial charge in [-0.3, -0.25) is 4.79 Å². The zero-order valence-corrected chi connectivity index (χ0v) is 16.6. The number of hydrogen-bond donors (Lipinski definition) is 1. The normalized spacial score (nSPS) is 10.5. The molecule has 0 aliphatic rings. The number of nitrogens with one attached hydrogen (secondary N) is 1. The summed E-state index contributed by atoms with van der Waals surface area (Å²) >= 11 is 1.51. The standard InChI is InChI=1S/C22H23NO3S/c1-4-13-23-22(24)20-14-19(15-5-9-17(25-2)10-6-15)21(27-20)16-7-11-18(26-3)12-8-16/h5-12,14H,4,13H2,1-3H3,(H,23,24). The van der Waals surface area contributed by atoms with Crippen molar-refractivity contribution in [3.05, 3.63) is 59.5 Å². The molecule has 0 bridgehead atoms. The number of carbonyl (C=O) groups excluding carboxylic acids is 1. The fourth-order valence-corrected chi connectivity index (χ4v) is 3.87. The van der Waals surface area contributed by atoms with Crippen LogP contribution in [-0.4, -0.2) is 26.7 Å². The molecule has 0 saturated carbocycles. The van der Waals surface area contributed by atoms with Gasteiger partial charge in [0.25, 0.3) is 5.91 Å². The molecule has 0 atom stereocenters. The summed E-state index contributed by atoms with van der Waals surface area (Å²) in [5, 5.41) is 2.96. The third-order valence-electron chi connectivity index (χ3n) is 4.24. The van der Waals surface area contributed by atoms with Crippen LogP contribution in [0.1, 0.15) is 23.0 Å². The fourth-order valence-electron chi connectivity index (χ4n) is 2.77. The minimum Gasteiger partial charge on any atom is -0.497 e. The molecule has 1 N–H and O–H groups in total. The number of rotatable bonds is 7. The summed E-state index contributed by atoms with van der Waals surface area (Å²) in [6.07, 6.45) is 0.911. The lowest BCUT2D eigenvalue weighted by atomic mass is 10.0. The van der Waals surface area contributed by atoms with Gasteiger partial charge in [-0.2, -0.15) is 0 Å². The highest BCUT2D eigenvalue weighted by molar-refractivity contribution is 7.18. The molecule has 1 aromatic heterocycles. The molecule has 27 heavy (non-hydrogen) atoms. The molecule has 1 heterocycles. The molecule has 0 unspecified atom stereocenters. The Morgan fingerprint density at radius 1 is 0.926 bits per heavy atom. The Morgan fingerprint density at radius 3 is 2.00 bits per heavy atom. The lowest BCUT2D eigenvalue weighted by Gasteiger charge is -2.07. The van der Waals surface area contributed by atoms with E-state index in [1.54, 1.807) is 14.2 Å². The molecular formula is C22H23NO3S. The molecular weight excluding hydrogens is 358 g/mol. The van der Waals surface area contributed by atoms with E-state index in [-0.39, 0.29) is 5.91 Å². The van der Waals surface area contributed by atoms with Gasteiger partial charge in [0.2, 0.25) is 0 Å². The topological polar surface area (TPSA) is 47.6 Å². The SMILES string of the molecule is CCCNC(=O)c1cc(-c2ccc(OC)cc2)c(-c2ccc(OC)cc2)s1. The third kappa shape index (κ3) is 4.31. The lowest BCUT2D eigenvalue weighted by Crippen LogP contribution is -2.22. The van der Waals surface area contributed by atoms with Crippen molar-refractivity contribution in [2.45, 2.75) is 13.3 Å². The molecule has 0 aliphatic carbocycles. The second-order valence-corrected chi connectivity index (χ2v) is 7.12. The van der Waals surface area contributed by atoms with Gasteiger partial charge in [0.1, 0.15) is 11.5 Å². The van der Waals surface area contributed by atoms with Gasteiger partial charge in [-0.1, -0.05) is 19.1 Å². The maximum atomic E-state index is 12.5. The Balaban J connectivity index is 2.04. The van der Waals surface area contributed by atoms with Gasteiger partial charge in [0.15, 0.2) is 0 Å². The van der Waals surface area contributed by atoms with Crippen LogP contribution in [0, 0.1) is 0 Å². The van der Waals surface area contributed by atoms with E-state index in [2.05, 4.69) is 5.32 Å². The van der Waals surface area contributed by atoms with Crippen LogP contribution in [0.3, 0.4) is 0 Å². The van der Waals surface area contributed by atoms with Crippen LogP contribution in [0.2, 0.25) is 0 Å². The molecule has 2 aromatic carbocycles. The van der Waals surface area contributed by atoms with E-state index in [4.69, 9.17) is 9.47 Å². The largest absolute Gasteiger partial charge is 0.497 e. The number of ether oxygens (including phenoxy) is 2. The Hall–Kier alpha value is -2.79. The molecule has 0 aliphatic heterocycles. The number of thiophene rings is 1. The van der Waals surface area contributed by atoms with Crippen molar-refractivity contribution in [2.75, 3.05) is 20.8 Å². The zero-order valence-electron chi connectivity index (χ0n) is 15.7. The highest BCUT2D eigenvalue weighted by Crippen LogP contribution is 2.40. The number of amides is 1. The summed E-state index contributed by atoms with van der Waals surface area (Å²) in [6.45, 7) is 2.72. The van der Waals surface area contributed by atoms with E-state index in [1.807, 2.05) is 61.5 Å². The molecule has 3 aromatic rings. The molecule has 4 nitrogen and oxygen atoms in total. The predicted molar refractivity (Wildman–Crippen MR) is 111 cm³/mol. The Morgan fingerprint density at radius 2 is 1.48 bits per heavy atom. The molecule has 0 spiro atoms. The number of benzene rings is 2. The van der Waals surface area contributed by atoms with Crippen molar-refractivity contribution in [1.29, 1.82) is 0 Å². The Bertz CT molecular complexity index is 833. The monoisotopic (exact) mass is 381 g/mol. The minimum atomic E-state index is -0.0311. The van der Waals surface area contributed by atoms with E-state index in [1.165, 1.54) is 11.3 Å². The molecule has 140 valence electrons. The van der Waals surface area contributed by atoms with E-state index in [9.17, 15) is 4.79 Å². The first kappa shape index (κ1) is 19.0. The van der Waals surface area contributed by atoms with E-state index >= 15 is 0 Å². The van der Waals surface area contributed by atoms with Crippen LogP contribution in [0.25, 0.3) is 21.6 Å². The van der Waals surface area contributed by atoms with Crippen molar-refractivity contribution >= 4 is 17.2 Å². The summed E-state index contributed by atoms with van der Waals surface area (Å²) in [5.41, 5.74) is 3.14. The highest BCUT2D eigenvalue weighted by atomic mass is 32.1. The first-order valence-electron chi connectivity index (χ1n) is 8.87. The van der Waals surface area contributed by atoms with Crippen LogP contribution in [-0.2, 0) is 0 Å². The Kier molecular flexibility index (Phi) is 6.14. The first-order chi connectivity index (χ1) is 13.2. The zero-order chi connectivity index (χ0) is 19.2. The average molecular weight is 381 g/mol. The molecule has 5 heteroatoms. The van der Waals surface area contributed by atoms with Crippen LogP contribution >= 0.6 is 11.3 Å². The number of hydrogen-bond acceptors (Lipinski definition) is 4. The van der Waals surface area contributed by atoms with E-state index in [0.717, 1.165) is 39.5 Å². The summed E-state index contributed by atoms with van der Waals surface area (Å²) in [5.74, 6) is 1.58. The second-order valence-electron chi connectivity index (χ2n) is 6.07. The first-order valence-corrected chi connectivity index (χ1v) is 9.68. The molecule has 1 amide bonds. The summed E-state index contributed by atoms with van der Waals surface area (Å²) in [6, 6.07) is 17.8. The fraction of sp³-hybridized carbons (Fsp3) is 0.227. The second kappa shape index (κ2) is 8.73.